The maximum absolute atomic E-state index is 10.1. The summed E-state index contributed by atoms with van der Waals surface area (Å²) in [5.41, 5.74) is 9.11. The smallest absolute Gasteiger partial charge is 0.226 e. The van der Waals surface area contributed by atoms with Gasteiger partial charge in [0.2, 0.25) is 5.89 Å². The zero-order valence-electron chi connectivity index (χ0n) is 19.9. The van der Waals surface area contributed by atoms with Crippen LogP contribution in [0.1, 0.15) is 29.5 Å². The molecule has 8 nitrogen and oxygen atoms in total. The number of nitrogens with zero attached hydrogens (tertiary/aromatic N) is 4. The summed E-state index contributed by atoms with van der Waals surface area (Å²) in [6.45, 7) is 2.04. The van der Waals surface area contributed by atoms with Crippen LogP contribution in [-0.4, -0.2) is 28.3 Å². The summed E-state index contributed by atoms with van der Waals surface area (Å²) in [6.07, 6.45) is 0.639. The Morgan fingerprint density at radius 3 is 2.32 bits per heavy atom. The number of nitrogen functional groups attached to an aromatic ring is 1. The molecule has 0 aliphatic rings. The first-order chi connectivity index (χ1) is 18.0. The summed E-state index contributed by atoms with van der Waals surface area (Å²) in [5.74, 6) is 2.21. The molecule has 2 aromatic carbocycles. The summed E-state index contributed by atoms with van der Waals surface area (Å²) in [6, 6.07) is 18.4. The minimum atomic E-state index is -0.104. The first-order valence-corrected chi connectivity index (χ1v) is 12.7. The molecule has 0 aliphatic carbocycles. The van der Waals surface area contributed by atoms with Gasteiger partial charge in [0.25, 0.3) is 0 Å². The maximum Gasteiger partial charge on any atom is 0.226 e. The Kier molecular flexibility index (Phi) is 8.32. The fourth-order valence-corrected chi connectivity index (χ4v) is 4.78. The SMILES string of the molecule is CCc1oc(-c2ccc(Cl)cc2)nc1CSc1nc(N)c(C#N)c(-c2ccc(OCCO)cc2)c1C#N. The molecule has 0 fully saturated rings. The number of benzene rings is 2. The van der Waals surface area contributed by atoms with Gasteiger partial charge in [-0.2, -0.15) is 10.5 Å². The predicted octanol–water partition coefficient (Wildman–Crippen LogP) is 5.61. The average molecular weight is 532 g/mol. The topological polar surface area (TPSA) is 142 Å². The second kappa shape index (κ2) is 11.8. The van der Waals surface area contributed by atoms with E-state index < -0.39 is 0 Å². The lowest BCUT2D eigenvalue weighted by Crippen LogP contribution is -2.04. The largest absolute Gasteiger partial charge is 0.491 e. The number of nitrogens with two attached hydrogens (primary N) is 1. The molecule has 186 valence electrons. The first-order valence-electron chi connectivity index (χ1n) is 11.3. The second-order valence-corrected chi connectivity index (χ2v) is 9.19. The molecule has 4 rings (SSSR count). The van der Waals surface area contributed by atoms with E-state index in [9.17, 15) is 10.5 Å². The molecule has 0 radical (unpaired) electrons. The van der Waals surface area contributed by atoms with Crippen molar-refractivity contribution in [2.45, 2.75) is 24.1 Å². The Bertz CT molecular complexity index is 1490. The van der Waals surface area contributed by atoms with Crippen LogP contribution in [0, 0.1) is 22.7 Å². The number of hydrogen-bond acceptors (Lipinski definition) is 9. The summed E-state index contributed by atoms with van der Waals surface area (Å²) in [4.78, 5) is 9.04. The van der Waals surface area contributed by atoms with Crippen LogP contribution in [0.2, 0.25) is 5.02 Å². The highest BCUT2D eigenvalue weighted by Gasteiger charge is 2.22. The van der Waals surface area contributed by atoms with Crippen molar-refractivity contribution in [3.63, 3.8) is 0 Å². The van der Waals surface area contributed by atoms with Gasteiger partial charge in [0.05, 0.1) is 17.9 Å². The number of aliphatic hydroxyl groups is 1. The van der Waals surface area contributed by atoms with Crippen molar-refractivity contribution in [2.75, 3.05) is 18.9 Å². The third kappa shape index (κ3) is 5.71. The minimum Gasteiger partial charge on any atom is -0.491 e. The molecule has 3 N–H and O–H groups in total. The van der Waals surface area contributed by atoms with Gasteiger partial charge in [0, 0.05) is 28.3 Å². The van der Waals surface area contributed by atoms with E-state index in [-0.39, 0.29) is 30.2 Å². The standard InChI is InChI=1S/C27H22ClN5O3S/c1-2-23-22(32-26(36-23)17-3-7-18(28)8-4-17)15-37-27-21(14-30)24(20(13-29)25(31)33-27)16-5-9-19(10-6-16)35-12-11-34/h3-10,34H,2,11-12,15H2,1H3,(H2,31,33). The second-order valence-electron chi connectivity index (χ2n) is 7.79. The summed E-state index contributed by atoms with van der Waals surface area (Å²) >= 11 is 7.30. The average Bonchev–Trinajstić information content (AvgIpc) is 3.34. The Morgan fingerprint density at radius 1 is 1.03 bits per heavy atom. The van der Waals surface area contributed by atoms with Gasteiger partial charge in [-0.15, -0.1) is 0 Å². The molecule has 0 saturated heterocycles. The van der Waals surface area contributed by atoms with E-state index in [1.807, 2.05) is 19.1 Å². The zero-order valence-corrected chi connectivity index (χ0v) is 21.4. The fourth-order valence-electron chi connectivity index (χ4n) is 3.70. The molecule has 0 spiro atoms. The Labute approximate surface area is 223 Å². The first kappa shape index (κ1) is 26.1. The normalized spacial score (nSPS) is 10.6. The summed E-state index contributed by atoms with van der Waals surface area (Å²) in [5, 5.41) is 29.8. The number of nitriles is 2. The van der Waals surface area contributed by atoms with Crippen molar-refractivity contribution in [3.8, 4) is 40.5 Å². The molecular weight excluding hydrogens is 510 g/mol. The van der Waals surface area contributed by atoms with E-state index in [1.165, 1.54) is 11.8 Å². The van der Waals surface area contributed by atoms with E-state index in [2.05, 4.69) is 22.1 Å². The van der Waals surface area contributed by atoms with Gasteiger partial charge < -0.3 is 20.0 Å². The van der Waals surface area contributed by atoms with Gasteiger partial charge >= 0.3 is 0 Å². The highest BCUT2D eigenvalue weighted by molar-refractivity contribution is 7.98. The lowest BCUT2D eigenvalue weighted by Gasteiger charge is -2.13. The van der Waals surface area contributed by atoms with E-state index in [4.69, 9.17) is 31.6 Å². The summed E-state index contributed by atoms with van der Waals surface area (Å²) < 4.78 is 11.4. The van der Waals surface area contributed by atoms with Gasteiger partial charge in [-0.3, -0.25) is 0 Å². The van der Waals surface area contributed by atoms with Crippen molar-refractivity contribution in [3.05, 3.63) is 76.1 Å². The van der Waals surface area contributed by atoms with Crippen LogP contribution >= 0.6 is 23.4 Å². The number of aromatic nitrogens is 2. The molecule has 0 aliphatic heterocycles. The van der Waals surface area contributed by atoms with Crippen molar-refractivity contribution in [2.24, 2.45) is 0 Å². The van der Waals surface area contributed by atoms with Crippen LogP contribution in [0.15, 0.2) is 58.0 Å². The van der Waals surface area contributed by atoms with Crippen LogP contribution in [-0.2, 0) is 12.2 Å². The fraction of sp³-hybridized carbons (Fsp3) is 0.185. The third-order valence-electron chi connectivity index (χ3n) is 5.45. The summed E-state index contributed by atoms with van der Waals surface area (Å²) in [7, 11) is 0. The number of oxazole rings is 1. The molecule has 37 heavy (non-hydrogen) atoms. The van der Waals surface area contributed by atoms with Gasteiger partial charge in [-0.05, 0) is 42.0 Å². The number of thioether (sulfide) groups is 1. The maximum atomic E-state index is 10.1. The van der Waals surface area contributed by atoms with Crippen LogP contribution < -0.4 is 10.5 Å². The molecule has 10 heteroatoms. The number of pyridine rings is 1. The van der Waals surface area contributed by atoms with E-state index in [1.54, 1.807) is 36.4 Å². The molecule has 0 atom stereocenters. The molecule has 0 amide bonds. The number of hydrogen-bond donors (Lipinski definition) is 2. The third-order valence-corrected chi connectivity index (χ3v) is 6.69. The number of ether oxygens (including phenoxy) is 1. The van der Waals surface area contributed by atoms with Gasteiger partial charge in [-0.1, -0.05) is 42.4 Å². The van der Waals surface area contributed by atoms with Crippen molar-refractivity contribution in [1.29, 1.82) is 10.5 Å². The number of aliphatic hydroxyl groups excluding tert-OH is 1. The quantitative estimate of drug-likeness (QED) is 0.263. The predicted molar refractivity (Wildman–Crippen MR) is 142 cm³/mol. The number of halogens is 1. The molecule has 0 unspecified atom stereocenters. The highest BCUT2D eigenvalue weighted by Crippen LogP contribution is 2.38. The van der Waals surface area contributed by atoms with Crippen LogP contribution in [0.3, 0.4) is 0 Å². The van der Waals surface area contributed by atoms with E-state index in [0.29, 0.717) is 45.0 Å². The molecule has 2 aromatic heterocycles. The zero-order chi connectivity index (χ0) is 26.4. The Balaban J connectivity index is 1.68. The highest BCUT2D eigenvalue weighted by atomic mass is 35.5. The van der Waals surface area contributed by atoms with Gasteiger partial charge in [0.15, 0.2) is 0 Å². The Morgan fingerprint density at radius 2 is 1.70 bits per heavy atom. The minimum absolute atomic E-state index is 0.0392. The van der Waals surface area contributed by atoms with Crippen molar-refractivity contribution < 1.29 is 14.3 Å². The van der Waals surface area contributed by atoms with Crippen molar-refractivity contribution in [1.82, 2.24) is 9.97 Å². The van der Waals surface area contributed by atoms with Crippen LogP contribution in [0.4, 0.5) is 5.82 Å². The van der Waals surface area contributed by atoms with E-state index >= 15 is 0 Å². The van der Waals surface area contributed by atoms with E-state index in [0.717, 1.165) is 17.0 Å². The number of rotatable bonds is 9. The monoisotopic (exact) mass is 531 g/mol. The van der Waals surface area contributed by atoms with Crippen LogP contribution in [0.25, 0.3) is 22.6 Å². The molecule has 0 saturated carbocycles. The molecular formula is C27H22ClN5O3S. The number of aryl methyl sites for hydroxylation is 1. The lowest BCUT2D eigenvalue weighted by atomic mass is 9.97. The molecule has 2 heterocycles. The Hall–Kier alpha value is -4.02. The van der Waals surface area contributed by atoms with Gasteiger partial charge in [0.1, 0.15) is 46.7 Å². The number of anilines is 1. The lowest BCUT2D eigenvalue weighted by molar-refractivity contribution is 0.201. The van der Waals surface area contributed by atoms with Crippen LogP contribution in [0.5, 0.6) is 5.75 Å². The van der Waals surface area contributed by atoms with Crippen molar-refractivity contribution >= 4 is 29.2 Å². The molecule has 4 aromatic rings. The molecule has 0 bridgehead atoms. The van der Waals surface area contributed by atoms with Gasteiger partial charge in [-0.25, -0.2) is 9.97 Å².